The van der Waals surface area contributed by atoms with Crippen molar-refractivity contribution in [2.24, 2.45) is 5.73 Å². The molecule has 0 amide bonds. The SMILES string of the molecule is NC(=S)Nc1ccc2oc(-c3cc(I)ccc3Cl)nc2c1. The Morgan fingerprint density at radius 2 is 2.10 bits per heavy atom. The Kier molecular flexibility index (Phi) is 4.01. The molecule has 0 radical (unpaired) electrons. The molecule has 21 heavy (non-hydrogen) atoms. The molecular formula is C14H9ClIN3OS. The molecule has 2 aromatic carbocycles. The summed E-state index contributed by atoms with van der Waals surface area (Å²) in [6, 6.07) is 11.2. The first-order valence-corrected chi connectivity index (χ1v) is 7.82. The molecule has 1 heterocycles. The van der Waals surface area contributed by atoms with Crippen molar-refractivity contribution in [3.63, 3.8) is 0 Å². The summed E-state index contributed by atoms with van der Waals surface area (Å²) in [5.41, 5.74) is 8.38. The van der Waals surface area contributed by atoms with E-state index in [4.69, 9.17) is 34.0 Å². The largest absolute Gasteiger partial charge is 0.436 e. The van der Waals surface area contributed by atoms with Crippen LogP contribution in [0.1, 0.15) is 0 Å². The van der Waals surface area contributed by atoms with E-state index in [2.05, 4.69) is 32.9 Å². The van der Waals surface area contributed by atoms with Crippen molar-refractivity contribution in [1.82, 2.24) is 4.98 Å². The van der Waals surface area contributed by atoms with Crippen LogP contribution in [-0.4, -0.2) is 10.1 Å². The zero-order valence-corrected chi connectivity index (χ0v) is 14.3. The first-order valence-electron chi connectivity index (χ1n) is 5.95. The van der Waals surface area contributed by atoms with Gasteiger partial charge in [0.2, 0.25) is 5.89 Å². The summed E-state index contributed by atoms with van der Waals surface area (Å²) in [4.78, 5) is 4.47. The summed E-state index contributed by atoms with van der Waals surface area (Å²) in [5.74, 6) is 0.487. The number of oxazole rings is 1. The molecule has 106 valence electrons. The van der Waals surface area contributed by atoms with Gasteiger partial charge < -0.3 is 15.5 Å². The van der Waals surface area contributed by atoms with E-state index < -0.39 is 0 Å². The standard InChI is InChI=1S/C14H9ClIN3OS/c15-10-3-1-7(16)5-9(10)13-19-11-6-8(18-14(17)21)2-4-12(11)20-13/h1-6H,(H3,17,18,21). The molecule has 0 aliphatic carbocycles. The van der Waals surface area contributed by atoms with E-state index in [9.17, 15) is 0 Å². The normalized spacial score (nSPS) is 10.8. The predicted octanol–water partition coefficient (Wildman–Crippen LogP) is 4.41. The molecule has 3 aromatic rings. The number of hydrogen-bond acceptors (Lipinski definition) is 3. The Morgan fingerprint density at radius 1 is 1.29 bits per heavy atom. The molecule has 4 nitrogen and oxygen atoms in total. The quantitative estimate of drug-likeness (QED) is 0.467. The third kappa shape index (κ3) is 3.12. The van der Waals surface area contributed by atoms with Crippen LogP contribution in [-0.2, 0) is 0 Å². The summed E-state index contributed by atoms with van der Waals surface area (Å²) in [7, 11) is 0. The van der Waals surface area contributed by atoms with Crippen LogP contribution in [0.3, 0.4) is 0 Å². The van der Waals surface area contributed by atoms with Crippen LogP contribution in [0.5, 0.6) is 0 Å². The van der Waals surface area contributed by atoms with Crippen LogP contribution >= 0.6 is 46.4 Å². The van der Waals surface area contributed by atoms with Gasteiger partial charge in [-0.05, 0) is 71.2 Å². The van der Waals surface area contributed by atoms with Gasteiger partial charge in [0.05, 0.1) is 10.6 Å². The van der Waals surface area contributed by atoms with E-state index in [1.165, 1.54) is 0 Å². The predicted molar refractivity (Wildman–Crippen MR) is 97.6 cm³/mol. The summed E-state index contributed by atoms with van der Waals surface area (Å²) in [6.07, 6.45) is 0. The minimum atomic E-state index is 0.207. The molecule has 0 fully saturated rings. The fraction of sp³-hybridized carbons (Fsp3) is 0. The molecule has 1 aromatic heterocycles. The zero-order valence-electron chi connectivity index (χ0n) is 10.6. The van der Waals surface area contributed by atoms with E-state index in [-0.39, 0.29) is 5.11 Å². The lowest BCUT2D eigenvalue weighted by atomic mass is 10.2. The first-order chi connectivity index (χ1) is 10.0. The Balaban J connectivity index is 2.08. The number of nitrogens with zero attached hydrogens (tertiary/aromatic N) is 1. The molecule has 0 spiro atoms. The molecule has 0 aliphatic rings. The average Bonchev–Trinajstić information content (AvgIpc) is 2.83. The number of nitrogens with one attached hydrogen (secondary N) is 1. The van der Waals surface area contributed by atoms with Crippen molar-refractivity contribution < 1.29 is 4.42 Å². The van der Waals surface area contributed by atoms with Crippen LogP contribution in [0.25, 0.3) is 22.6 Å². The second-order valence-electron chi connectivity index (χ2n) is 4.31. The second-order valence-corrected chi connectivity index (χ2v) is 6.41. The lowest BCUT2D eigenvalue weighted by molar-refractivity contribution is 0.620. The molecule has 0 atom stereocenters. The number of halogens is 2. The van der Waals surface area contributed by atoms with Gasteiger partial charge in [-0.1, -0.05) is 11.6 Å². The number of anilines is 1. The molecule has 0 saturated heterocycles. The van der Waals surface area contributed by atoms with Crippen LogP contribution in [0.15, 0.2) is 40.8 Å². The van der Waals surface area contributed by atoms with E-state index in [1.54, 1.807) is 0 Å². The smallest absolute Gasteiger partial charge is 0.228 e. The Bertz CT molecular complexity index is 849. The average molecular weight is 430 g/mol. The fourth-order valence-electron chi connectivity index (χ4n) is 1.92. The second kappa shape index (κ2) is 5.78. The maximum atomic E-state index is 6.21. The van der Waals surface area contributed by atoms with Gasteiger partial charge in [0.25, 0.3) is 0 Å². The topological polar surface area (TPSA) is 64.1 Å². The Labute approximate surface area is 144 Å². The first kappa shape index (κ1) is 14.6. The zero-order chi connectivity index (χ0) is 15.0. The summed E-state index contributed by atoms with van der Waals surface area (Å²) in [6.45, 7) is 0. The molecule has 3 rings (SSSR count). The van der Waals surface area contributed by atoms with Crippen molar-refractivity contribution in [3.05, 3.63) is 45.0 Å². The Morgan fingerprint density at radius 3 is 2.86 bits per heavy atom. The maximum Gasteiger partial charge on any atom is 0.228 e. The van der Waals surface area contributed by atoms with Crippen molar-refractivity contribution >= 4 is 68.3 Å². The molecule has 7 heteroatoms. The number of benzene rings is 2. The van der Waals surface area contributed by atoms with Crippen LogP contribution in [0.2, 0.25) is 5.02 Å². The maximum absolute atomic E-state index is 6.21. The molecule has 0 aliphatic heterocycles. The van der Waals surface area contributed by atoms with Gasteiger partial charge in [-0.15, -0.1) is 0 Å². The van der Waals surface area contributed by atoms with Gasteiger partial charge in [-0.2, -0.15) is 0 Å². The minimum absolute atomic E-state index is 0.207. The Hall–Kier alpha value is -1.38. The summed E-state index contributed by atoms with van der Waals surface area (Å²) < 4.78 is 6.82. The highest BCUT2D eigenvalue weighted by molar-refractivity contribution is 14.1. The van der Waals surface area contributed by atoms with Crippen molar-refractivity contribution in [2.75, 3.05) is 5.32 Å². The van der Waals surface area contributed by atoms with Gasteiger partial charge in [0.15, 0.2) is 10.7 Å². The van der Waals surface area contributed by atoms with Crippen molar-refractivity contribution in [1.29, 1.82) is 0 Å². The highest BCUT2D eigenvalue weighted by Crippen LogP contribution is 2.32. The lowest BCUT2D eigenvalue weighted by Crippen LogP contribution is -2.18. The monoisotopic (exact) mass is 429 g/mol. The fourth-order valence-corrected chi connectivity index (χ4v) is 2.73. The van der Waals surface area contributed by atoms with Gasteiger partial charge in [0.1, 0.15) is 5.52 Å². The number of nitrogens with two attached hydrogens (primary N) is 1. The number of hydrogen-bond donors (Lipinski definition) is 2. The number of fused-ring (bicyclic) bond motifs is 1. The van der Waals surface area contributed by atoms with Crippen molar-refractivity contribution in [2.45, 2.75) is 0 Å². The molecule has 0 bridgehead atoms. The van der Waals surface area contributed by atoms with Crippen LogP contribution in [0.4, 0.5) is 5.69 Å². The molecular weight excluding hydrogens is 421 g/mol. The number of thiocarbonyl (C=S) groups is 1. The van der Waals surface area contributed by atoms with Gasteiger partial charge in [-0.3, -0.25) is 0 Å². The third-order valence-corrected chi connectivity index (χ3v) is 3.92. The minimum Gasteiger partial charge on any atom is -0.436 e. The summed E-state index contributed by atoms with van der Waals surface area (Å²) in [5, 5.41) is 3.67. The van der Waals surface area contributed by atoms with Gasteiger partial charge in [-0.25, -0.2) is 4.98 Å². The molecule has 0 saturated carbocycles. The number of aromatic nitrogens is 1. The van der Waals surface area contributed by atoms with Crippen LogP contribution in [0, 0.1) is 3.57 Å². The van der Waals surface area contributed by atoms with E-state index in [0.29, 0.717) is 22.0 Å². The van der Waals surface area contributed by atoms with Crippen LogP contribution < -0.4 is 11.1 Å². The van der Waals surface area contributed by atoms with E-state index in [0.717, 1.165) is 14.8 Å². The van der Waals surface area contributed by atoms with E-state index in [1.807, 2.05) is 36.4 Å². The van der Waals surface area contributed by atoms with Crippen molar-refractivity contribution in [3.8, 4) is 11.5 Å². The molecule has 0 unspecified atom stereocenters. The lowest BCUT2D eigenvalue weighted by Gasteiger charge is -2.01. The summed E-state index contributed by atoms with van der Waals surface area (Å²) >= 11 is 13.2. The molecule has 3 N–H and O–H groups in total. The highest BCUT2D eigenvalue weighted by atomic mass is 127. The third-order valence-electron chi connectivity index (χ3n) is 2.81. The van der Waals surface area contributed by atoms with E-state index >= 15 is 0 Å². The van der Waals surface area contributed by atoms with Gasteiger partial charge in [0, 0.05) is 9.26 Å². The van der Waals surface area contributed by atoms with Gasteiger partial charge >= 0.3 is 0 Å². The number of rotatable bonds is 2. The highest BCUT2D eigenvalue weighted by Gasteiger charge is 2.12.